The van der Waals surface area contributed by atoms with E-state index in [0.29, 0.717) is 11.7 Å². The lowest BCUT2D eigenvalue weighted by molar-refractivity contribution is 0.0697. The van der Waals surface area contributed by atoms with E-state index in [9.17, 15) is 9.18 Å². The second kappa shape index (κ2) is 3.01. The van der Waals surface area contributed by atoms with Crippen molar-refractivity contribution in [1.29, 1.82) is 0 Å². The summed E-state index contributed by atoms with van der Waals surface area (Å²) in [5.41, 5.74) is 0.0511. The third kappa shape index (κ3) is 1.26. The molecule has 0 saturated heterocycles. The van der Waals surface area contributed by atoms with E-state index in [4.69, 9.17) is 5.11 Å². The van der Waals surface area contributed by atoms with Crippen LogP contribution < -0.4 is 0 Å². The van der Waals surface area contributed by atoms with Gasteiger partial charge >= 0.3 is 5.97 Å². The first kappa shape index (κ1) is 9.26. The molecule has 1 N–H and O–H groups in total. The van der Waals surface area contributed by atoms with Crippen LogP contribution in [0.25, 0.3) is 5.65 Å². The predicted octanol–water partition coefficient (Wildman–Crippen LogP) is 1.44. The topological polar surface area (TPSA) is 67.5 Å². The molecule has 82 valence electrons. The molecule has 0 amide bonds. The fraction of sp³-hybridized carbons (Fsp3) is 0.300. The Morgan fingerprint density at radius 2 is 2.25 bits per heavy atom. The number of carbonyl (C=O) groups is 1. The van der Waals surface area contributed by atoms with Gasteiger partial charge in [-0.3, -0.25) is 4.40 Å². The van der Waals surface area contributed by atoms with Gasteiger partial charge in [0.1, 0.15) is 17.2 Å². The molecule has 1 aliphatic carbocycles. The smallest absolute Gasteiger partial charge is 0.339 e. The number of hydrogen-bond acceptors (Lipinski definition) is 3. The molecule has 16 heavy (non-hydrogen) atoms. The van der Waals surface area contributed by atoms with Gasteiger partial charge in [0.2, 0.25) is 0 Å². The molecular formula is C10H8FN3O2. The number of carboxylic acid groups (broad SMARTS) is 1. The van der Waals surface area contributed by atoms with Crippen LogP contribution in [0.2, 0.25) is 0 Å². The summed E-state index contributed by atoms with van der Waals surface area (Å²) in [6.07, 6.45) is 3.23. The van der Waals surface area contributed by atoms with Crippen LogP contribution in [0.15, 0.2) is 12.3 Å². The number of halogens is 1. The van der Waals surface area contributed by atoms with Gasteiger partial charge in [0.25, 0.3) is 0 Å². The number of hydrogen-bond donors (Lipinski definition) is 1. The average Bonchev–Trinajstić information content (AvgIpc) is 2.98. The summed E-state index contributed by atoms with van der Waals surface area (Å²) in [6, 6.07) is 0.961. The zero-order chi connectivity index (χ0) is 11.3. The maximum atomic E-state index is 13.3. The van der Waals surface area contributed by atoms with Crippen molar-refractivity contribution in [2.75, 3.05) is 0 Å². The minimum atomic E-state index is -1.20. The van der Waals surface area contributed by atoms with Crippen LogP contribution in [0.5, 0.6) is 0 Å². The van der Waals surface area contributed by atoms with Crippen LogP contribution in [0.3, 0.4) is 0 Å². The molecule has 2 heterocycles. The number of aromatic carboxylic acids is 1. The van der Waals surface area contributed by atoms with Gasteiger partial charge in [-0.2, -0.15) is 0 Å². The maximum absolute atomic E-state index is 13.3. The molecule has 1 fully saturated rings. The zero-order valence-electron chi connectivity index (χ0n) is 8.22. The summed E-state index contributed by atoms with van der Waals surface area (Å²) < 4.78 is 14.7. The van der Waals surface area contributed by atoms with E-state index in [1.54, 1.807) is 0 Å². The Morgan fingerprint density at radius 1 is 1.50 bits per heavy atom. The highest BCUT2D eigenvalue weighted by atomic mass is 19.1. The van der Waals surface area contributed by atoms with Crippen LogP contribution in [-0.4, -0.2) is 25.7 Å². The molecule has 0 unspecified atom stereocenters. The highest BCUT2D eigenvalue weighted by Gasteiger charge is 2.29. The van der Waals surface area contributed by atoms with Gasteiger partial charge < -0.3 is 5.11 Å². The largest absolute Gasteiger partial charge is 0.478 e. The second-order valence-corrected chi connectivity index (χ2v) is 3.90. The van der Waals surface area contributed by atoms with E-state index in [1.165, 1.54) is 10.6 Å². The first-order chi connectivity index (χ1) is 7.66. The SMILES string of the molecule is O=C(O)c1cc(F)cn2c(C3CC3)nnc12. The molecule has 0 aromatic carbocycles. The lowest BCUT2D eigenvalue weighted by Gasteiger charge is -2.00. The summed E-state index contributed by atoms with van der Waals surface area (Å²) in [4.78, 5) is 10.9. The van der Waals surface area contributed by atoms with E-state index in [0.717, 1.165) is 18.9 Å². The van der Waals surface area contributed by atoms with E-state index in [1.807, 2.05) is 0 Å². The summed E-state index contributed by atoms with van der Waals surface area (Å²) in [7, 11) is 0. The Balaban J connectivity index is 2.31. The molecule has 2 aromatic heterocycles. The molecule has 0 aliphatic heterocycles. The van der Waals surface area contributed by atoms with Crippen molar-refractivity contribution < 1.29 is 14.3 Å². The summed E-state index contributed by atoms with van der Waals surface area (Å²) in [5.74, 6) is -0.846. The summed E-state index contributed by atoms with van der Waals surface area (Å²) in [6.45, 7) is 0. The predicted molar refractivity (Wildman–Crippen MR) is 51.9 cm³/mol. The fourth-order valence-electron chi connectivity index (χ4n) is 1.75. The Morgan fingerprint density at radius 3 is 2.88 bits per heavy atom. The lowest BCUT2D eigenvalue weighted by atomic mass is 10.2. The van der Waals surface area contributed by atoms with Crippen LogP contribution in [0.4, 0.5) is 4.39 Å². The van der Waals surface area contributed by atoms with Gasteiger partial charge in [-0.1, -0.05) is 0 Å². The van der Waals surface area contributed by atoms with Crippen LogP contribution in [-0.2, 0) is 0 Å². The first-order valence-electron chi connectivity index (χ1n) is 4.94. The summed E-state index contributed by atoms with van der Waals surface area (Å²) in [5, 5.41) is 16.7. The van der Waals surface area contributed by atoms with Crippen LogP contribution >= 0.6 is 0 Å². The number of pyridine rings is 1. The molecule has 0 spiro atoms. The van der Waals surface area contributed by atoms with Crippen molar-refractivity contribution in [1.82, 2.24) is 14.6 Å². The van der Waals surface area contributed by atoms with Crippen LogP contribution in [0, 0.1) is 5.82 Å². The Kier molecular flexibility index (Phi) is 1.74. The third-order valence-corrected chi connectivity index (χ3v) is 2.67. The molecule has 0 bridgehead atoms. The van der Waals surface area contributed by atoms with Gasteiger partial charge in [-0.05, 0) is 18.9 Å². The maximum Gasteiger partial charge on any atom is 0.339 e. The lowest BCUT2D eigenvalue weighted by Crippen LogP contribution is -2.03. The van der Waals surface area contributed by atoms with Crippen molar-refractivity contribution in [3.8, 4) is 0 Å². The van der Waals surface area contributed by atoms with Gasteiger partial charge in [-0.15, -0.1) is 10.2 Å². The van der Waals surface area contributed by atoms with Crippen LogP contribution in [0.1, 0.15) is 34.9 Å². The monoisotopic (exact) mass is 221 g/mol. The van der Waals surface area contributed by atoms with E-state index >= 15 is 0 Å². The summed E-state index contributed by atoms with van der Waals surface area (Å²) >= 11 is 0. The molecule has 6 heteroatoms. The standard InChI is InChI=1S/C10H8FN3O2/c11-6-3-7(10(15)16)9-13-12-8(5-1-2-5)14(9)4-6/h3-5H,1-2H2,(H,15,16). The van der Waals surface area contributed by atoms with E-state index in [2.05, 4.69) is 10.2 Å². The Labute approximate surface area is 89.5 Å². The Bertz CT molecular complexity index is 589. The van der Waals surface area contributed by atoms with Crippen molar-refractivity contribution in [2.24, 2.45) is 0 Å². The highest BCUT2D eigenvalue weighted by Crippen LogP contribution is 2.39. The van der Waals surface area contributed by atoms with Gasteiger partial charge in [0, 0.05) is 12.1 Å². The van der Waals surface area contributed by atoms with Crippen molar-refractivity contribution in [3.05, 3.63) is 29.5 Å². The minimum absolute atomic E-state index is 0.153. The first-order valence-corrected chi connectivity index (χ1v) is 4.94. The number of aromatic nitrogens is 3. The van der Waals surface area contributed by atoms with Gasteiger partial charge in [0.05, 0.1) is 0 Å². The number of carboxylic acids is 1. The average molecular weight is 221 g/mol. The molecule has 0 atom stereocenters. The molecule has 2 aromatic rings. The quantitative estimate of drug-likeness (QED) is 0.833. The van der Waals surface area contributed by atoms with Crippen molar-refractivity contribution in [2.45, 2.75) is 18.8 Å². The number of rotatable bonds is 2. The normalized spacial score (nSPS) is 15.6. The Hall–Kier alpha value is -1.98. The van der Waals surface area contributed by atoms with E-state index in [-0.39, 0.29) is 11.2 Å². The third-order valence-electron chi connectivity index (χ3n) is 2.67. The molecule has 1 aliphatic rings. The fourth-order valence-corrected chi connectivity index (χ4v) is 1.75. The van der Waals surface area contributed by atoms with Crippen molar-refractivity contribution in [3.63, 3.8) is 0 Å². The molecule has 5 nitrogen and oxygen atoms in total. The van der Waals surface area contributed by atoms with Crippen molar-refractivity contribution >= 4 is 11.6 Å². The molecular weight excluding hydrogens is 213 g/mol. The number of fused-ring (bicyclic) bond motifs is 1. The zero-order valence-corrected chi connectivity index (χ0v) is 8.22. The highest BCUT2D eigenvalue weighted by molar-refractivity contribution is 5.94. The number of nitrogens with zero attached hydrogens (tertiary/aromatic N) is 3. The van der Waals surface area contributed by atoms with Gasteiger partial charge in [-0.25, -0.2) is 9.18 Å². The molecule has 3 rings (SSSR count). The van der Waals surface area contributed by atoms with E-state index < -0.39 is 11.8 Å². The van der Waals surface area contributed by atoms with Gasteiger partial charge in [0.15, 0.2) is 5.65 Å². The second-order valence-electron chi connectivity index (χ2n) is 3.90. The molecule has 1 saturated carbocycles. The molecule has 0 radical (unpaired) electrons. The minimum Gasteiger partial charge on any atom is -0.478 e.